The van der Waals surface area contributed by atoms with Gasteiger partial charge < -0.3 is 14.8 Å². The number of fused-ring (bicyclic) bond motifs is 1. The third kappa shape index (κ3) is 3.46. The molecule has 5 nitrogen and oxygen atoms in total. The Balaban J connectivity index is 1.71. The van der Waals surface area contributed by atoms with Crippen LogP contribution >= 0.6 is 11.8 Å². The molecule has 1 aliphatic rings. The van der Waals surface area contributed by atoms with Crippen LogP contribution in [-0.4, -0.2) is 36.0 Å². The molecule has 2 heterocycles. The van der Waals surface area contributed by atoms with E-state index in [9.17, 15) is 0 Å². The number of rotatable bonds is 5. The third-order valence-corrected chi connectivity index (χ3v) is 4.26. The molecule has 21 heavy (non-hydrogen) atoms. The molecule has 1 aromatic carbocycles. The van der Waals surface area contributed by atoms with Gasteiger partial charge in [-0.05, 0) is 24.7 Å². The summed E-state index contributed by atoms with van der Waals surface area (Å²) in [5, 5.41) is 4.26. The predicted molar refractivity (Wildman–Crippen MR) is 82.0 cm³/mol. The van der Waals surface area contributed by atoms with Crippen molar-refractivity contribution in [2.75, 3.05) is 26.0 Å². The first-order chi connectivity index (χ1) is 10.4. The van der Waals surface area contributed by atoms with Crippen LogP contribution in [0.4, 0.5) is 0 Å². The van der Waals surface area contributed by atoms with Crippen LogP contribution in [0.3, 0.4) is 0 Å². The van der Waals surface area contributed by atoms with E-state index in [1.807, 2.05) is 19.2 Å². The number of hydrogen-bond donors (Lipinski definition) is 1. The smallest absolute Gasteiger partial charge is 0.161 e. The maximum absolute atomic E-state index is 5.64. The lowest BCUT2D eigenvalue weighted by Crippen LogP contribution is -2.20. The van der Waals surface area contributed by atoms with Crippen LogP contribution in [0.25, 0.3) is 0 Å². The Morgan fingerprint density at radius 2 is 2.10 bits per heavy atom. The fraction of sp³-hybridized carbons (Fsp3) is 0.333. The monoisotopic (exact) mass is 303 g/mol. The van der Waals surface area contributed by atoms with Crippen molar-refractivity contribution >= 4 is 11.8 Å². The Morgan fingerprint density at radius 3 is 2.86 bits per heavy atom. The SMILES string of the molecule is CNC(CSc1cnccn1)c1ccc2c(c1)OCCO2. The number of aromatic nitrogens is 2. The quantitative estimate of drug-likeness (QED) is 0.855. The average Bonchev–Trinajstić information content (AvgIpc) is 2.56. The number of nitrogens with one attached hydrogen (secondary N) is 1. The maximum Gasteiger partial charge on any atom is 0.161 e. The Morgan fingerprint density at radius 1 is 1.24 bits per heavy atom. The van der Waals surface area contributed by atoms with Crippen molar-refractivity contribution < 1.29 is 9.47 Å². The standard InChI is InChI=1S/C15H17N3O2S/c1-16-12(10-21-15-9-17-4-5-18-15)11-2-3-13-14(8-11)20-7-6-19-13/h2-5,8-9,12,16H,6-7,10H2,1H3. The highest BCUT2D eigenvalue weighted by molar-refractivity contribution is 7.99. The molecule has 1 aliphatic heterocycles. The van der Waals surface area contributed by atoms with Gasteiger partial charge in [0.15, 0.2) is 11.5 Å². The first-order valence-corrected chi connectivity index (χ1v) is 7.81. The Labute approximate surface area is 128 Å². The number of thioether (sulfide) groups is 1. The Hall–Kier alpha value is -1.79. The molecule has 0 amide bonds. The second-order valence-electron chi connectivity index (χ2n) is 4.60. The molecule has 1 N–H and O–H groups in total. The van der Waals surface area contributed by atoms with Crippen LogP contribution in [0, 0.1) is 0 Å². The molecule has 1 unspecified atom stereocenters. The Bertz CT molecular complexity index is 595. The van der Waals surface area contributed by atoms with E-state index in [1.54, 1.807) is 30.4 Å². The van der Waals surface area contributed by atoms with Gasteiger partial charge in [-0.15, -0.1) is 11.8 Å². The first kappa shape index (κ1) is 14.2. The lowest BCUT2D eigenvalue weighted by molar-refractivity contribution is 0.171. The molecule has 0 aliphatic carbocycles. The summed E-state index contributed by atoms with van der Waals surface area (Å²) < 4.78 is 11.2. The first-order valence-electron chi connectivity index (χ1n) is 6.82. The van der Waals surface area contributed by atoms with Crippen molar-refractivity contribution in [3.63, 3.8) is 0 Å². The zero-order valence-corrected chi connectivity index (χ0v) is 12.6. The second-order valence-corrected chi connectivity index (χ2v) is 5.64. The summed E-state index contributed by atoms with van der Waals surface area (Å²) in [5.41, 5.74) is 1.18. The summed E-state index contributed by atoms with van der Waals surface area (Å²) in [5.74, 6) is 2.51. The molecule has 3 rings (SSSR count). The van der Waals surface area contributed by atoms with Crippen molar-refractivity contribution in [1.29, 1.82) is 0 Å². The van der Waals surface area contributed by atoms with E-state index in [2.05, 4.69) is 21.4 Å². The van der Waals surface area contributed by atoms with Crippen LogP contribution in [0.5, 0.6) is 11.5 Å². The van der Waals surface area contributed by atoms with Gasteiger partial charge >= 0.3 is 0 Å². The zero-order valence-electron chi connectivity index (χ0n) is 11.8. The van der Waals surface area contributed by atoms with Crippen molar-refractivity contribution in [1.82, 2.24) is 15.3 Å². The normalized spacial score (nSPS) is 14.7. The third-order valence-electron chi connectivity index (χ3n) is 3.25. The van der Waals surface area contributed by atoms with Gasteiger partial charge in [0, 0.05) is 24.2 Å². The molecule has 110 valence electrons. The van der Waals surface area contributed by atoms with Gasteiger partial charge in [0.2, 0.25) is 0 Å². The van der Waals surface area contributed by atoms with E-state index in [4.69, 9.17) is 9.47 Å². The molecule has 0 spiro atoms. The van der Waals surface area contributed by atoms with Crippen molar-refractivity contribution in [2.24, 2.45) is 0 Å². The summed E-state index contributed by atoms with van der Waals surface area (Å²) in [6, 6.07) is 6.31. The second kappa shape index (κ2) is 6.78. The summed E-state index contributed by atoms with van der Waals surface area (Å²) in [4.78, 5) is 8.36. The molecule has 6 heteroatoms. The lowest BCUT2D eigenvalue weighted by atomic mass is 10.1. The van der Waals surface area contributed by atoms with E-state index in [0.717, 1.165) is 22.3 Å². The topological polar surface area (TPSA) is 56.3 Å². The van der Waals surface area contributed by atoms with Gasteiger partial charge in [0.1, 0.15) is 18.2 Å². The van der Waals surface area contributed by atoms with Crippen molar-refractivity contribution in [3.05, 3.63) is 42.4 Å². The highest BCUT2D eigenvalue weighted by atomic mass is 32.2. The van der Waals surface area contributed by atoms with Crippen LogP contribution in [-0.2, 0) is 0 Å². The molecule has 1 aromatic heterocycles. The number of nitrogens with zero attached hydrogens (tertiary/aromatic N) is 2. The summed E-state index contributed by atoms with van der Waals surface area (Å²) in [6.45, 7) is 1.22. The van der Waals surface area contributed by atoms with Gasteiger partial charge in [0.05, 0.1) is 6.20 Å². The highest BCUT2D eigenvalue weighted by Gasteiger charge is 2.16. The van der Waals surface area contributed by atoms with E-state index in [0.29, 0.717) is 13.2 Å². The highest BCUT2D eigenvalue weighted by Crippen LogP contribution is 2.33. The fourth-order valence-electron chi connectivity index (χ4n) is 2.15. The van der Waals surface area contributed by atoms with Gasteiger partial charge in [0.25, 0.3) is 0 Å². The van der Waals surface area contributed by atoms with Crippen molar-refractivity contribution in [2.45, 2.75) is 11.1 Å². The molecule has 2 aromatic rings. The average molecular weight is 303 g/mol. The van der Waals surface area contributed by atoms with Gasteiger partial charge in [-0.2, -0.15) is 0 Å². The van der Waals surface area contributed by atoms with E-state index in [1.165, 1.54) is 5.56 Å². The van der Waals surface area contributed by atoms with E-state index in [-0.39, 0.29) is 6.04 Å². The fourth-order valence-corrected chi connectivity index (χ4v) is 3.12. The van der Waals surface area contributed by atoms with Crippen molar-refractivity contribution in [3.8, 4) is 11.5 Å². The Kier molecular flexibility index (Phi) is 4.57. The molecule has 0 saturated carbocycles. The van der Waals surface area contributed by atoms with Gasteiger partial charge in [-0.3, -0.25) is 4.98 Å². The molecule has 0 fully saturated rings. The molecule has 0 radical (unpaired) electrons. The summed E-state index contributed by atoms with van der Waals surface area (Å²) in [7, 11) is 1.96. The van der Waals surface area contributed by atoms with Crippen LogP contribution < -0.4 is 14.8 Å². The molecular weight excluding hydrogens is 286 g/mol. The van der Waals surface area contributed by atoms with Crippen LogP contribution in [0.2, 0.25) is 0 Å². The number of hydrogen-bond acceptors (Lipinski definition) is 6. The molecule has 1 atom stereocenters. The molecule has 0 saturated heterocycles. The predicted octanol–water partition coefficient (Wildman–Crippen LogP) is 2.30. The van der Waals surface area contributed by atoms with Gasteiger partial charge in [-0.1, -0.05) is 6.07 Å². The minimum Gasteiger partial charge on any atom is -0.486 e. The minimum atomic E-state index is 0.216. The van der Waals surface area contributed by atoms with E-state index < -0.39 is 0 Å². The minimum absolute atomic E-state index is 0.216. The molecular formula is C15H17N3O2S. The van der Waals surface area contributed by atoms with Crippen LogP contribution in [0.1, 0.15) is 11.6 Å². The maximum atomic E-state index is 5.64. The summed E-state index contributed by atoms with van der Waals surface area (Å²) in [6.07, 6.45) is 5.17. The van der Waals surface area contributed by atoms with Crippen LogP contribution in [0.15, 0.2) is 41.8 Å². The number of ether oxygens (including phenoxy) is 2. The largest absolute Gasteiger partial charge is 0.486 e. The summed E-state index contributed by atoms with van der Waals surface area (Å²) >= 11 is 1.68. The van der Waals surface area contributed by atoms with Gasteiger partial charge in [-0.25, -0.2) is 4.98 Å². The number of benzene rings is 1. The van der Waals surface area contributed by atoms with E-state index >= 15 is 0 Å². The lowest BCUT2D eigenvalue weighted by Gasteiger charge is -2.21. The molecule has 0 bridgehead atoms. The zero-order chi connectivity index (χ0) is 14.5.